The number of hydrogen-bond acceptors (Lipinski definition) is 1. The summed E-state index contributed by atoms with van der Waals surface area (Å²) in [6, 6.07) is 25.5. The van der Waals surface area contributed by atoms with E-state index in [1.807, 2.05) is 0 Å². The number of hydrogen-bond donors (Lipinski definition) is 0. The molecule has 1 unspecified atom stereocenters. The van der Waals surface area contributed by atoms with E-state index in [0.717, 1.165) is 6.42 Å². The van der Waals surface area contributed by atoms with Gasteiger partial charge in [0.1, 0.15) is 0 Å². The van der Waals surface area contributed by atoms with Crippen molar-refractivity contribution in [2.24, 2.45) is 0 Å². The average Bonchev–Trinajstić information content (AvgIpc) is 3.30. The molecule has 0 bridgehead atoms. The molecule has 0 N–H and O–H groups in total. The average molecular weight is 483 g/mol. The summed E-state index contributed by atoms with van der Waals surface area (Å²) in [6.45, 7) is 4.87. The number of allylic oxidation sites excluding steroid dienone is 7. The number of para-hydroxylation sites is 1. The molecule has 4 aromatic rings. The minimum absolute atomic E-state index is 0.283. The lowest BCUT2D eigenvalue weighted by Crippen LogP contribution is -2.55. The Kier molecular flexibility index (Phi) is 3.91. The predicted octanol–water partition coefficient (Wildman–Crippen LogP) is 6.67. The molecule has 2 heteroatoms. The number of benzene rings is 4. The molecule has 38 heavy (non-hydrogen) atoms. The van der Waals surface area contributed by atoms with Crippen molar-refractivity contribution in [3.8, 4) is 11.1 Å². The Morgan fingerprint density at radius 3 is 2.58 bits per heavy atom. The maximum atomic E-state index is 2.57. The van der Waals surface area contributed by atoms with Gasteiger partial charge in [0.05, 0.1) is 0 Å². The van der Waals surface area contributed by atoms with Crippen LogP contribution in [0.5, 0.6) is 0 Å². The second-order valence-electron chi connectivity index (χ2n) is 11.4. The fourth-order valence-electron chi connectivity index (χ4n) is 7.97. The van der Waals surface area contributed by atoms with Crippen LogP contribution in [0, 0.1) is 13.8 Å². The molecule has 0 saturated heterocycles. The van der Waals surface area contributed by atoms with Crippen LogP contribution in [0.2, 0.25) is 0 Å². The molecule has 4 aromatic carbocycles. The lowest BCUT2D eigenvalue weighted by atomic mass is 9.37. The third-order valence-electron chi connectivity index (χ3n) is 9.35. The standard InChI is InChI=1S/C36H26BN/c1-21-18-22(2)36-35-32(21)28-10-3-4-11-29(28)37(35)30-12-5-6-13-31(30)38(36)27-19-25-16-14-23-8-7-9-24-15-17-26(20-27)34(25)33(23)24/h3-16,18-20,33H,17H2,1-2H3. The first-order valence-corrected chi connectivity index (χ1v) is 13.7. The van der Waals surface area contributed by atoms with E-state index in [-0.39, 0.29) is 6.71 Å². The first-order chi connectivity index (χ1) is 18.7. The molecule has 9 rings (SSSR count). The third kappa shape index (κ3) is 2.48. The normalized spacial score (nSPS) is 18.4. The van der Waals surface area contributed by atoms with Crippen LogP contribution in [0.4, 0.5) is 17.1 Å². The van der Waals surface area contributed by atoms with Crippen molar-refractivity contribution >= 4 is 46.2 Å². The van der Waals surface area contributed by atoms with Crippen molar-refractivity contribution in [1.82, 2.24) is 0 Å². The molecule has 178 valence electrons. The molecule has 0 saturated carbocycles. The van der Waals surface area contributed by atoms with Crippen molar-refractivity contribution in [3.63, 3.8) is 0 Å². The Balaban J connectivity index is 1.34. The van der Waals surface area contributed by atoms with Crippen molar-refractivity contribution in [1.29, 1.82) is 0 Å². The molecule has 2 aliphatic heterocycles. The van der Waals surface area contributed by atoms with Gasteiger partial charge in [0.15, 0.2) is 0 Å². The zero-order chi connectivity index (χ0) is 25.1. The fourth-order valence-corrected chi connectivity index (χ4v) is 7.97. The molecule has 0 aromatic heterocycles. The summed E-state index contributed by atoms with van der Waals surface area (Å²) in [5.74, 6) is 0.385. The molecule has 0 fully saturated rings. The Morgan fingerprint density at radius 1 is 0.816 bits per heavy atom. The van der Waals surface area contributed by atoms with E-state index in [4.69, 9.17) is 0 Å². The number of aryl methyl sites for hydroxylation is 2. The van der Waals surface area contributed by atoms with Crippen molar-refractivity contribution in [3.05, 3.63) is 136 Å². The van der Waals surface area contributed by atoms with E-state index in [2.05, 4.69) is 122 Å². The van der Waals surface area contributed by atoms with Crippen LogP contribution >= 0.6 is 0 Å². The van der Waals surface area contributed by atoms with Gasteiger partial charge in [-0.25, -0.2) is 0 Å². The number of nitrogens with zero attached hydrogens (tertiary/aromatic N) is 1. The maximum absolute atomic E-state index is 2.57. The van der Waals surface area contributed by atoms with Gasteiger partial charge in [-0.3, -0.25) is 0 Å². The highest BCUT2D eigenvalue weighted by Crippen LogP contribution is 2.49. The van der Waals surface area contributed by atoms with Gasteiger partial charge in [0.2, 0.25) is 6.71 Å². The molecular weight excluding hydrogens is 457 g/mol. The van der Waals surface area contributed by atoms with Gasteiger partial charge in [-0.1, -0.05) is 90.4 Å². The number of fused-ring (bicyclic) bond motifs is 5. The smallest absolute Gasteiger partial charge is 0.248 e. The van der Waals surface area contributed by atoms with Gasteiger partial charge in [-0.15, -0.1) is 0 Å². The zero-order valence-electron chi connectivity index (χ0n) is 21.6. The Morgan fingerprint density at radius 2 is 1.66 bits per heavy atom. The Bertz CT molecular complexity index is 1880. The highest BCUT2D eigenvalue weighted by atomic mass is 15.2. The minimum atomic E-state index is 0.283. The minimum Gasteiger partial charge on any atom is -0.311 e. The summed E-state index contributed by atoms with van der Waals surface area (Å²) < 4.78 is 0. The molecule has 1 nitrogen and oxygen atoms in total. The van der Waals surface area contributed by atoms with Crippen LogP contribution in [-0.2, 0) is 6.42 Å². The topological polar surface area (TPSA) is 3.24 Å². The predicted molar refractivity (Wildman–Crippen MR) is 161 cm³/mol. The van der Waals surface area contributed by atoms with Crippen molar-refractivity contribution in [2.45, 2.75) is 26.2 Å². The fraction of sp³-hybridized carbons (Fsp3) is 0.111. The molecule has 2 heterocycles. The van der Waals surface area contributed by atoms with Crippen LogP contribution in [0.1, 0.15) is 33.7 Å². The molecule has 3 aliphatic carbocycles. The van der Waals surface area contributed by atoms with Crippen LogP contribution in [-0.4, -0.2) is 6.71 Å². The Labute approximate surface area is 224 Å². The van der Waals surface area contributed by atoms with E-state index in [9.17, 15) is 0 Å². The summed E-state index contributed by atoms with van der Waals surface area (Å²) in [6.07, 6.45) is 14.9. The van der Waals surface area contributed by atoms with Crippen LogP contribution in [0.3, 0.4) is 0 Å². The monoisotopic (exact) mass is 483 g/mol. The lowest BCUT2D eigenvalue weighted by molar-refractivity contribution is 0.892. The lowest BCUT2D eigenvalue weighted by Gasteiger charge is -2.39. The van der Waals surface area contributed by atoms with Gasteiger partial charge < -0.3 is 4.90 Å². The molecule has 0 spiro atoms. The SMILES string of the molecule is Cc1cc(C)c2c3c1-c1ccccc1B3c1ccccc1N2c1cc2c3c(c1)CC=C1C=CC=C(C=C2)C13. The van der Waals surface area contributed by atoms with Crippen LogP contribution in [0.15, 0.2) is 108 Å². The van der Waals surface area contributed by atoms with Crippen LogP contribution < -0.4 is 21.3 Å². The van der Waals surface area contributed by atoms with Gasteiger partial charge in [-0.05, 0) is 99.5 Å². The van der Waals surface area contributed by atoms with Gasteiger partial charge in [0, 0.05) is 23.0 Å². The zero-order valence-corrected chi connectivity index (χ0v) is 21.6. The van der Waals surface area contributed by atoms with E-state index < -0.39 is 0 Å². The van der Waals surface area contributed by atoms with Crippen LogP contribution in [0.25, 0.3) is 17.2 Å². The van der Waals surface area contributed by atoms with Gasteiger partial charge in [-0.2, -0.15) is 0 Å². The van der Waals surface area contributed by atoms with E-state index in [1.54, 1.807) is 0 Å². The van der Waals surface area contributed by atoms with Gasteiger partial charge >= 0.3 is 0 Å². The number of rotatable bonds is 1. The quantitative estimate of drug-likeness (QED) is 0.236. The van der Waals surface area contributed by atoms with E-state index in [1.165, 1.54) is 83.5 Å². The first-order valence-electron chi connectivity index (χ1n) is 13.7. The Hall–Kier alpha value is -4.30. The summed E-state index contributed by atoms with van der Waals surface area (Å²) in [4.78, 5) is 2.57. The molecule has 1 atom stereocenters. The van der Waals surface area contributed by atoms with Crippen molar-refractivity contribution < 1.29 is 0 Å². The third-order valence-corrected chi connectivity index (χ3v) is 9.35. The summed E-state index contributed by atoms with van der Waals surface area (Å²) in [7, 11) is 0. The highest BCUT2D eigenvalue weighted by Gasteiger charge is 2.44. The molecule has 0 amide bonds. The largest absolute Gasteiger partial charge is 0.311 e. The van der Waals surface area contributed by atoms with E-state index >= 15 is 0 Å². The second-order valence-corrected chi connectivity index (χ2v) is 11.4. The molecular formula is C36H26BN. The highest BCUT2D eigenvalue weighted by molar-refractivity contribution is 7.01. The second kappa shape index (κ2) is 7.17. The molecule has 0 radical (unpaired) electrons. The first kappa shape index (κ1) is 20.7. The van der Waals surface area contributed by atoms with E-state index in [0.29, 0.717) is 5.92 Å². The number of anilines is 3. The summed E-state index contributed by atoms with van der Waals surface area (Å²) in [5, 5.41) is 0. The maximum Gasteiger partial charge on any atom is 0.248 e. The summed E-state index contributed by atoms with van der Waals surface area (Å²) >= 11 is 0. The van der Waals surface area contributed by atoms with Gasteiger partial charge in [0.25, 0.3) is 0 Å². The summed E-state index contributed by atoms with van der Waals surface area (Å²) in [5.41, 5.74) is 21.0. The molecule has 5 aliphatic rings. The van der Waals surface area contributed by atoms with Crippen molar-refractivity contribution in [2.75, 3.05) is 4.90 Å².